The molecule has 1 unspecified atom stereocenters. The summed E-state index contributed by atoms with van der Waals surface area (Å²) in [5, 5.41) is 0. The molecule has 0 bridgehead atoms. The molecule has 1 fully saturated rings. The summed E-state index contributed by atoms with van der Waals surface area (Å²) in [6.45, 7) is 1.32. The molecule has 1 rings (SSSR count). The minimum absolute atomic E-state index is 0.0579. The van der Waals surface area contributed by atoms with Gasteiger partial charge in [-0.15, -0.1) is 0 Å². The third kappa shape index (κ3) is 1.29. The van der Waals surface area contributed by atoms with Crippen LogP contribution in [0.4, 0.5) is 4.39 Å². The Kier molecular flexibility index (Phi) is 1.84. The highest BCUT2D eigenvalue weighted by Crippen LogP contribution is 2.31. The highest BCUT2D eigenvalue weighted by atomic mass is 19.1. The number of carbonyl (C=O) groups is 1. The van der Waals surface area contributed by atoms with Crippen LogP contribution >= 0.6 is 0 Å². The van der Waals surface area contributed by atoms with Crippen molar-refractivity contribution in [3.8, 4) is 0 Å². The predicted octanol–water partition coefficient (Wildman–Crippen LogP) is 1.71. The van der Waals surface area contributed by atoms with Gasteiger partial charge in [-0.25, -0.2) is 4.39 Å². The van der Waals surface area contributed by atoms with Crippen LogP contribution in [0.25, 0.3) is 0 Å². The summed E-state index contributed by atoms with van der Waals surface area (Å²) >= 11 is 0. The maximum absolute atomic E-state index is 12.6. The van der Waals surface area contributed by atoms with Gasteiger partial charge in [-0.3, -0.25) is 4.79 Å². The lowest BCUT2D eigenvalue weighted by atomic mass is 9.81. The number of halogens is 1. The lowest BCUT2D eigenvalue weighted by Gasteiger charge is -2.26. The van der Waals surface area contributed by atoms with Crippen molar-refractivity contribution >= 4 is 5.78 Å². The second kappa shape index (κ2) is 2.46. The van der Waals surface area contributed by atoms with Gasteiger partial charge in [-0.05, 0) is 25.7 Å². The molecule has 1 atom stereocenters. The molecule has 1 saturated carbocycles. The summed E-state index contributed by atoms with van der Waals surface area (Å²) in [6, 6.07) is 0. The minimum atomic E-state index is -1.17. The zero-order chi connectivity index (χ0) is 6.85. The molecule has 1 aliphatic rings. The maximum atomic E-state index is 12.6. The first-order valence-corrected chi connectivity index (χ1v) is 3.36. The first-order valence-electron chi connectivity index (χ1n) is 3.36. The molecule has 0 aromatic rings. The van der Waals surface area contributed by atoms with E-state index in [1.165, 1.54) is 6.92 Å². The second-order valence-electron chi connectivity index (χ2n) is 2.70. The van der Waals surface area contributed by atoms with Gasteiger partial charge in [0.15, 0.2) is 12.0 Å². The Labute approximate surface area is 54.3 Å². The van der Waals surface area contributed by atoms with Gasteiger partial charge < -0.3 is 0 Å². The molecule has 0 aliphatic heterocycles. The van der Waals surface area contributed by atoms with E-state index in [1.54, 1.807) is 0 Å². The van der Waals surface area contributed by atoms with E-state index in [0.717, 1.165) is 19.3 Å². The summed E-state index contributed by atoms with van der Waals surface area (Å²) in [7, 11) is 0. The molecule has 0 aromatic heterocycles. The van der Waals surface area contributed by atoms with E-state index < -0.39 is 6.17 Å². The highest BCUT2D eigenvalue weighted by molar-refractivity contribution is 5.80. The standard InChI is InChI=1S/C7H11FO/c1-5(9)7(8)6-3-2-4-6/h6-7H,2-4H2,1H3. The molecule has 0 radical (unpaired) electrons. The number of Topliss-reactive ketones (excluding diaryl/α,β-unsaturated/α-hetero) is 1. The van der Waals surface area contributed by atoms with Crippen LogP contribution in [0.1, 0.15) is 26.2 Å². The number of rotatable bonds is 2. The van der Waals surface area contributed by atoms with Gasteiger partial charge in [0.05, 0.1) is 0 Å². The smallest absolute Gasteiger partial charge is 0.164 e. The Hall–Kier alpha value is -0.400. The number of hydrogen-bond donors (Lipinski definition) is 0. The molecule has 2 heteroatoms. The SMILES string of the molecule is CC(=O)C(F)C1CCC1. The topological polar surface area (TPSA) is 17.1 Å². The third-order valence-corrected chi connectivity index (χ3v) is 1.95. The third-order valence-electron chi connectivity index (χ3n) is 1.95. The lowest BCUT2D eigenvalue weighted by Crippen LogP contribution is -2.28. The number of carbonyl (C=O) groups excluding carboxylic acids is 1. The Morgan fingerprint density at radius 2 is 2.22 bits per heavy atom. The van der Waals surface area contributed by atoms with Crippen molar-refractivity contribution in [1.82, 2.24) is 0 Å². The molecule has 9 heavy (non-hydrogen) atoms. The van der Waals surface area contributed by atoms with Gasteiger partial charge in [0.25, 0.3) is 0 Å². The van der Waals surface area contributed by atoms with Gasteiger partial charge in [-0.1, -0.05) is 6.42 Å². The predicted molar refractivity (Wildman–Crippen MR) is 32.9 cm³/mol. The van der Waals surface area contributed by atoms with Crippen molar-refractivity contribution in [3.63, 3.8) is 0 Å². The first kappa shape index (κ1) is 6.72. The summed E-state index contributed by atoms with van der Waals surface area (Å²) < 4.78 is 12.6. The maximum Gasteiger partial charge on any atom is 0.164 e. The van der Waals surface area contributed by atoms with Crippen molar-refractivity contribution in [2.45, 2.75) is 32.4 Å². The van der Waals surface area contributed by atoms with E-state index in [0.29, 0.717) is 0 Å². The van der Waals surface area contributed by atoms with Crippen LogP contribution in [0, 0.1) is 5.92 Å². The van der Waals surface area contributed by atoms with E-state index in [1.807, 2.05) is 0 Å². The van der Waals surface area contributed by atoms with Crippen LogP contribution in [0.15, 0.2) is 0 Å². The Balaban J connectivity index is 2.32. The zero-order valence-electron chi connectivity index (χ0n) is 5.56. The normalized spacial score (nSPS) is 22.9. The van der Waals surface area contributed by atoms with Crippen LogP contribution in [0.2, 0.25) is 0 Å². The molecule has 0 aromatic carbocycles. The van der Waals surface area contributed by atoms with Crippen LogP contribution in [0.3, 0.4) is 0 Å². The molecule has 0 saturated heterocycles. The molecule has 52 valence electrons. The first-order chi connectivity index (χ1) is 4.22. The lowest BCUT2D eigenvalue weighted by molar-refractivity contribution is -0.124. The highest BCUT2D eigenvalue weighted by Gasteiger charge is 2.29. The van der Waals surface area contributed by atoms with Crippen LogP contribution in [-0.2, 0) is 4.79 Å². The zero-order valence-corrected chi connectivity index (χ0v) is 5.56. The summed E-state index contributed by atoms with van der Waals surface area (Å²) in [5.41, 5.74) is 0. The molecule has 1 aliphatic carbocycles. The van der Waals surface area contributed by atoms with Crippen molar-refractivity contribution < 1.29 is 9.18 Å². The monoisotopic (exact) mass is 130 g/mol. The Morgan fingerprint density at radius 1 is 1.67 bits per heavy atom. The molecule has 0 amide bonds. The molecule has 0 N–H and O–H groups in total. The fourth-order valence-electron chi connectivity index (χ4n) is 1.06. The molecule has 0 heterocycles. The average Bonchev–Trinajstić information content (AvgIpc) is 1.60. The summed E-state index contributed by atoms with van der Waals surface area (Å²) in [4.78, 5) is 10.4. The molecule has 0 spiro atoms. The van der Waals surface area contributed by atoms with Gasteiger partial charge in [0.2, 0.25) is 0 Å². The van der Waals surface area contributed by atoms with Gasteiger partial charge >= 0.3 is 0 Å². The Bertz CT molecular complexity index is 118. The molecular weight excluding hydrogens is 119 g/mol. The Morgan fingerprint density at radius 3 is 2.33 bits per heavy atom. The van der Waals surface area contributed by atoms with E-state index >= 15 is 0 Å². The van der Waals surface area contributed by atoms with Crippen molar-refractivity contribution in [3.05, 3.63) is 0 Å². The fraction of sp³-hybridized carbons (Fsp3) is 0.857. The van der Waals surface area contributed by atoms with E-state index in [9.17, 15) is 9.18 Å². The van der Waals surface area contributed by atoms with Crippen molar-refractivity contribution in [1.29, 1.82) is 0 Å². The van der Waals surface area contributed by atoms with E-state index in [4.69, 9.17) is 0 Å². The van der Waals surface area contributed by atoms with E-state index in [-0.39, 0.29) is 11.7 Å². The summed E-state index contributed by atoms with van der Waals surface area (Å²) in [6.07, 6.45) is 1.73. The van der Waals surface area contributed by atoms with Crippen LogP contribution in [-0.4, -0.2) is 12.0 Å². The van der Waals surface area contributed by atoms with Crippen molar-refractivity contribution in [2.75, 3.05) is 0 Å². The molecule has 1 nitrogen and oxygen atoms in total. The largest absolute Gasteiger partial charge is 0.297 e. The molecular formula is C7H11FO. The number of hydrogen-bond acceptors (Lipinski definition) is 1. The second-order valence-corrected chi connectivity index (χ2v) is 2.70. The van der Waals surface area contributed by atoms with Crippen LogP contribution < -0.4 is 0 Å². The quantitative estimate of drug-likeness (QED) is 0.556. The van der Waals surface area contributed by atoms with Gasteiger partial charge in [0.1, 0.15) is 0 Å². The van der Waals surface area contributed by atoms with E-state index in [2.05, 4.69) is 0 Å². The van der Waals surface area contributed by atoms with Gasteiger partial charge in [-0.2, -0.15) is 0 Å². The summed E-state index contributed by atoms with van der Waals surface area (Å²) in [5.74, 6) is -0.248. The number of ketones is 1. The van der Waals surface area contributed by atoms with Crippen LogP contribution in [0.5, 0.6) is 0 Å². The fourth-order valence-corrected chi connectivity index (χ4v) is 1.06. The van der Waals surface area contributed by atoms with Gasteiger partial charge in [0, 0.05) is 0 Å². The minimum Gasteiger partial charge on any atom is -0.297 e. The number of alkyl halides is 1. The van der Waals surface area contributed by atoms with Crippen molar-refractivity contribution in [2.24, 2.45) is 5.92 Å². The average molecular weight is 130 g/mol.